The molecular formula is C22H17FN4O2S. The van der Waals surface area contributed by atoms with E-state index in [0.29, 0.717) is 33.9 Å². The van der Waals surface area contributed by atoms with Crippen LogP contribution in [-0.2, 0) is 6.42 Å². The highest BCUT2D eigenvalue weighted by Gasteiger charge is 2.34. The van der Waals surface area contributed by atoms with Crippen LogP contribution < -0.4 is 5.32 Å². The molecule has 0 aliphatic heterocycles. The summed E-state index contributed by atoms with van der Waals surface area (Å²) in [6.07, 6.45) is 2.42. The minimum atomic E-state index is -0.365. The molecule has 150 valence electrons. The van der Waals surface area contributed by atoms with Crippen molar-refractivity contribution >= 4 is 22.4 Å². The van der Waals surface area contributed by atoms with Crippen molar-refractivity contribution in [2.75, 3.05) is 5.32 Å². The Morgan fingerprint density at radius 3 is 2.73 bits per heavy atom. The van der Waals surface area contributed by atoms with Crippen molar-refractivity contribution in [2.24, 2.45) is 0 Å². The van der Waals surface area contributed by atoms with Crippen LogP contribution in [0.5, 0.6) is 0 Å². The molecule has 1 aliphatic rings. The Hall–Kier alpha value is -3.39. The Morgan fingerprint density at radius 1 is 1.13 bits per heavy atom. The van der Waals surface area contributed by atoms with Gasteiger partial charge in [-0.1, -0.05) is 41.7 Å². The predicted octanol–water partition coefficient (Wildman–Crippen LogP) is 5.05. The number of aromatic nitrogens is 3. The molecule has 4 aromatic rings. The summed E-state index contributed by atoms with van der Waals surface area (Å²) in [5, 5.41) is 12.0. The van der Waals surface area contributed by atoms with Gasteiger partial charge in [-0.25, -0.2) is 9.37 Å². The van der Waals surface area contributed by atoms with E-state index in [-0.39, 0.29) is 17.6 Å². The van der Waals surface area contributed by atoms with E-state index in [4.69, 9.17) is 4.42 Å². The highest BCUT2D eigenvalue weighted by molar-refractivity contribution is 7.15. The molecule has 1 saturated carbocycles. The van der Waals surface area contributed by atoms with E-state index in [9.17, 15) is 9.18 Å². The Kier molecular flexibility index (Phi) is 4.84. The number of halogens is 1. The zero-order valence-corrected chi connectivity index (χ0v) is 16.7. The van der Waals surface area contributed by atoms with Gasteiger partial charge in [-0.3, -0.25) is 10.1 Å². The van der Waals surface area contributed by atoms with Gasteiger partial charge in [-0.05, 0) is 42.7 Å². The normalized spacial score (nSPS) is 13.4. The number of oxazole rings is 1. The molecule has 2 heterocycles. The lowest BCUT2D eigenvalue weighted by atomic mass is 10.1. The van der Waals surface area contributed by atoms with E-state index in [1.54, 1.807) is 6.07 Å². The molecule has 0 saturated heterocycles. The third-order valence-corrected chi connectivity index (χ3v) is 5.61. The number of carbonyl (C=O) groups excluding carboxylic acids is 1. The van der Waals surface area contributed by atoms with Gasteiger partial charge in [0.15, 0.2) is 5.69 Å². The lowest BCUT2D eigenvalue weighted by molar-refractivity contribution is 0.102. The van der Waals surface area contributed by atoms with Gasteiger partial charge < -0.3 is 4.42 Å². The SMILES string of the molecule is O=C(Nc1nnc(Cc2cccc(F)c2)s1)c1nc(-c2ccccc2)oc1C1CC1. The minimum Gasteiger partial charge on any atom is -0.440 e. The molecule has 0 radical (unpaired) electrons. The molecule has 1 fully saturated rings. The molecule has 8 heteroatoms. The quantitative estimate of drug-likeness (QED) is 0.472. The molecular weight excluding hydrogens is 403 g/mol. The van der Waals surface area contributed by atoms with Crippen molar-refractivity contribution in [2.45, 2.75) is 25.2 Å². The maximum Gasteiger partial charge on any atom is 0.279 e. The molecule has 2 aromatic heterocycles. The van der Waals surface area contributed by atoms with Crippen LogP contribution in [0.4, 0.5) is 9.52 Å². The fourth-order valence-corrected chi connectivity index (χ4v) is 3.94. The summed E-state index contributed by atoms with van der Waals surface area (Å²) in [5.74, 6) is 0.630. The number of anilines is 1. The standard InChI is InChI=1S/C22H17FN4O2S/c23-16-8-4-5-13(11-16)12-17-26-27-22(30-17)25-20(28)18-19(14-9-10-14)29-21(24-18)15-6-2-1-3-7-15/h1-8,11,14H,9-10,12H2,(H,25,27,28). The van der Waals surface area contributed by atoms with Crippen molar-refractivity contribution in [3.8, 4) is 11.5 Å². The Morgan fingerprint density at radius 2 is 1.97 bits per heavy atom. The average molecular weight is 420 g/mol. The van der Waals surface area contributed by atoms with Gasteiger partial charge in [0, 0.05) is 17.9 Å². The van der Waals surface area contributed by atoms with Crippen LogP contribution in [0.2, 0.25) is 0 Å². The largest absolute Gasteiger partial charge is 0.440 e. The van der Waals surface area contributed by atoms with E-state index in [1.165, 1.54) is 23.5 Å². The molecule has 5 rings (SSSR count). The lowest BCUT2D eigenvalue weighted by Gasteiger charge is -1.99. The molecule has 1 amide bonds. The second kappa shape index (κ2) is 7.79. The monoisotopic (exact) mass is 420 g/mol. The number of carbonyl (C=O) groups is 1. The van der Waals surface area contributed by atoms with E-state index < -0.39 is 0 Å². The number of benzene rings is 2. The summed E-state index contributed by atoms with van der Waals surface area (Å²) >= 11 is 1.25. The second-order valence-electron chi connectivity index (χ2n) is 7.13. The van der Waals surface area contributed by atoms with Crippen LogP contribution >= 0.6 is 11.3 Å². The van der Waals surface area contributed by atoms with Crippen molar-refractivity contribution in [3.05, 3.63) is 82.4 Å². The van der Waals surface area contributed by atoms with Crippen LogP contribution in [0.1, 0.15) is 45.6 Å². The van der Waals surface area contributed by atoms with E-state index in [1.807, 2.05) is 36.4 Å². The maximum absolute atomic E-state index is 13.4. The zero-order chi connectivity index (χ0) is 20.5. The predicted molar refractivity (Wildman–Crippen MR) is 111 cm³/mol. The molecule has 1 N–H and O–H groups in total. The Labute approximate surface area is 175 Å². The first-order valence-corrected chi connectivity index (χ1v) is 10.4. The van der Waals surface area contributed by atoms with E-state index in [0.717, 1.165) is 24.0 Å². The summed E-state index contributed by atoms with van der Waals surface area (Å²) in [6, 6.07) is 15.8. The van der Waals surface area contributed by atoms with Gasteiger partial charge in [0.05, 0.1) is 0 Å². The van der Waals surface area contributed by atoms with Crippen molar-refractivity contribution in [1.82, 2.24) is 15.2 Å². The summed E-state index contributed by atoms with van der Waals surface area (Å²) in [5.41, 5.74) is 1.91. The van der Waals surface area contributed by atoms with E-state index >= 15 is 0 Å². The first-order chi connectivity index (χ1) is 14.7. The van der Waals surface area contributed by atoms with E-state index in [2.05, 4.69) is 20.5 Å². The van der Waals surface area contributed by atoms with Gasteiger partial charge in [-0.15, -0.1) is 10.2 Å². The Balaban J connectivity index is 1.34. The number of rotatable bonds is 6. The fraction of sp³-hybridized carbons (Fsp3) is 0.182. The van der Waals surface area contributed by atoms with Crippen LogP contribution in [0, 0.1) is 5.82 Å². The van der Waals surface area contributed by atoms with Crippen molar-refractivity contribution in [3.63, 3.8) is 0 Å². The summed E-state index contributed by atoms with van der Waals surface area (Å²) in [4.78, 5) is 17.3. The maximum atomic E-state index is 13.4. The number of hydrogen-bond acceptors (Lipinski definition) is 6. The number of nitrogens with zero attached hydrogens (tertiary/aromatic N) is 3. The summed E-state index contributed by atoms with van der Waals surface area (Å²) < 4.78 is 19.3. The summed E-state index contributed by atoms with van der Waals surface area (Å²) in [7, 11) is 0. The number of amides is 1. The molecule has 30 heavy (non-hydrogen) atoms. The average Bonchev–Trinajstić information content (AvgIpc) is 3.34. The summed E-state index contributed by atoms with van der Waals surface area (Å²) in [6.45, 7) is 0. The van der Waals surface area contributed by atoms with Crippen molar-refractivity contribution < 1.29 is 13.6 Å². The molecule has 0 spiro atoms. The third-order valence-electron chi connectivity index (χ3n) is 4.77. The topological polar surface area (TPSA) is 80.9 Å². The van der Waals surface area contributed by atoms with Crippen molar-refractivity contribution in [1.29, 1.82) is 0 Å². The zero-order valence-electron chi connectivity index (χ0n) is 15.8. The smallest absolute Gasteiger partial charge is 0.279 e. The molecule has 2 aromatic carbocycles. The van der Waals surface area contributed by atoms with Gasteiger partial charge in [0.25, 0.3) is 5.91 Å². The molecule has 0 bridgehead atoms. The highest BCUT2D eigenvalue weighted by atomic mass is 32.1. The second-order valence-corrected chi connectivity index (χ2v) is 8.20. The van der Waals surface area contributed by atoms with Crippen LogP contribution in [-0.4, -0.2) is 21.1 Å². The first kappa shape index (κ1) is 18.6. The van der Waals surface area contributed by atoms with Crippen LogP contribution in [0.25, 0.3) is 11.5 Å². The van der Waals surface area contributed by atoms with Crippen LogP contribution in [0.15, 0.2) is 59.0 Å². The first-order valence-electron chi connectivity index (χ1n) is 9.60. The van der Waals surface area contributed by atoms with Crippen LogP contribution in [0.3, 0.4) is 0 Å². The number of hydrogen-bond donors (Lipinski definition) is 1. The highest BCUT2D eigenvalue weighted by Crippen LogP contribution is 2.43. The third kappa shape index (κ3) is 3.99. The Bertz CT molecular complexity index is 1200. The molecule has 0 unspecified atom stereocenters. The van der Waals surface area contributed by atoms with Gasteiger partial charge in [0.2, 0.25) is 11.0 Å². The molecule has 0 atom stereocenters. The minimum absolute atomic E-state index is 0.230. The molecule has 6 nitrogen and oxygen atoms in total. The molecule has 1 aliphatic carbocycles. The lowest BCUT2D eigenvalue weighted by Crippen LogP contribution is -2.14. The van der Waals surface area contributed by atoms with Gasteiger partial charge in [-0.2, -0.15) is 0 Å². The van der Waals surface area contributed by atoms with Gasteiger partial charge in [0.1, 0.15) is 16.6 Å². The fourth-order valence-electron chi connectivity index (χ4n) is 3.17. The number of nitrogens with one attached hydrogen (secondary N) is 1. The van der Waals surface area contributed by atoms with Gasteiger partial charge >= 0.3 is 0 Å².